The van der Waals surface area contributed by atoms with Crippen molar-refractivity contribution in [3.63, 3.8) is 0 Å². The van der Waals surface area contributed by atoms with Gasteiger partial charge in [-0.2, -0.15) is 5.10 Å². The average molecular weight is 260 g/mol. The fourth-order valence-electron chi connectivity index (χ4n) is 1.60. The fourth-order valence-corrected chi connectivity index (χ4v) is 1.60. The molecule has 2 aromatic rings. The highest BCUT2D eigenvalue weighted by Crippen LogP contribution is 2.12. The van der Waals surface area contributed by atoms with Crippen LogP contribution in [0.5, 0.6) is 0 Å². The maximum atomic E-state index is 11.7. The first-order chi connectivity index (χ1) is 9.19. The third kappa shape index (κ3) is 3.62. The van der Waals surface area contributed by atoms with Crippen molar-refractivity contribution in [2.75, 3.05) is 12.4 Å². The van der Waals surface area contributed by atoms with Crippen molar-refractivity contribution >= 4 is 11.6 Å². The number of nitrogens with one attached hydrogen (secondary N) is 1. The summed E-state index contributed by atoms with van der Waals surface area (Å²) in [7, 11) is 1.51. The van der Waals surface area contributed by atoms with Crippen LogP contribution in [0.2, 0.25) is 0 Å². The van der Waals surface area contributed by atoms with E-state index in [9.17, 15) is 4.79 Å². The molecule has 0 radical (unpaired) electrons. The molecule has 0 bridgehead atoms. The van der Waals surface area contributed by atoms with Gasteiger partial charge in [0.15, 0.2) is 0 Å². The molecule has 0 spiro atoms. The highest BCUT2D eigenvalue weighted by atomic mass is 16.5. The van der Waals surface area contributed by atoms with Crippen LogP contribution < -0.4 is 5.32 Å². The van der Waals surface area contributed by atoms with Gasteiger partial charge in [-0.1, -0.05) is 12.1 Å². The maximum absolute atomic E-state index is 11.7. The van der Waals surface area contributed by atoms with Crippen LogP contribution in [0.15, 0.2) is 36.9 Å². The van der Waals surface area contributed by atoms with Gasteiger partial charge in [0.05, 0.1) is 6.54 Å². The molecule has 0 aliphatic rings. The Balaban J connectivity index is 2.05. The van der Waals surface area contributed by atoms with Crippen molar-refractivity contribution in [2.24, 2.45) is 0 Å². The second-order valence-electron chi connectivity index (χ2n) is 4.16. The van der Waals surface area contributed by atoms with E-state index < -0.39 is 6.10 Å². The van der Waals surface area contributed by atoms with Crippen molar-refractivity contribution in [3.8, 4) is 0 Å². The number of amides is 1. The van der Waals surface area contributed by atoms with Gasteiger partial charge in [-0.15, -0.1) is 0 Å². The van der Waals surface area contributed by atoms with Crippen molar-refractivity contribution in [1.82, 2.24) is 14.8 Å². The van der Waals surface area contributed by atoms with E-state index in [1.807, 2.05) is 24.3 Å². The molecule has 0 saturated heterocycles. The van der Waals surface area contributed by atoms with Crippen LogP contribution in [0.25, 0.3) is 0 Å². The van der Waals surface area contributed by atoms with E-state index in [-0.39, 0.29) is 5.91 Å². The molecule has 6 nitrogen and oxygen atoms in total. The number of anilines is 1. The zero-order valence-corrected chi connectivity index (χ0v) is 10.9. The summed E-state index contributed by atoms with van der Waals surface area (Å²) in [5, 5.41) is 6.85. The first kappa shape index (κ1) is 13.2. The summed E-state index contributed by atoms with van der Waals surface area (Å²) in [6, 6.07) is 7.60. The number of aromatic nitrogens is 3. The largest absolute Gasteiger partial charge is 0.372 e. The van der Waals surface area contributed by atoms with Crippen LogP contribution >= 0.6 is 0 Å². The minimum atomic E-state index is -0.473. The van der Waals surface area contributed by atoms with Crippen LogP contribution in [0.4, 0.5) is 5.69 Å². The summed E-state index contributed by atoms with van der Waals surface area (Å²) in [6.45, 7) is 2.32. The van der Waals surface area contributed by atoms with Crippen molar-refractivity contribution < 1.29 is 9.53 Å². The first-order valence-electron chi connectivity index (χ1n) is 5.94. The van der Waals surface area contributed by atoms with Gasteiger partial charge < -0.3 is 10.1 Å². The second-order valence-corrected chi connectivity index (χ2v) is 4.16. The van der Waals surface area contributed by atoms with Gasteiger partial charge in [0.25, 0.3) is 5.91 Å². The zero-order chi connectivity index (χ0) is 13.7. The normalized spacial score (nSPS) is 12.1. The lowest BCUT2D eigenvalue weighted by Gasteiger charge is -2.11. The fraction of sp³-hybridized carbons (Fsp3) is 0.308. The predicted molar refractivity (Wildman–Crippen MR) is 70.7 cm³/mol. The first-order valence-corrected chi connectivity index (χ1v) is 5.94. The number of benzene rings is 1. The van der Waals surface area contributed by atoms with E-state index in [1.165, 1.54) is 13.4 Å². The zero-order valence-electron chi connectivity index (χ0n) is 10.9. The van der Waals surface area contributed by atoms with E-state index in [2.05, 4.69) is 15.4 Å². The Morgan fingerprint density at radius 1 is 1.53 bits per heavy atom. The SMILES string of the molecule is COC(C)C(=O)Nc1cccc(Cn2cncn2)c1. The standard InChI is InChI=1S/C13H16N4O2/c1-10(19-2)13(18)16-12-5-3-4-11(6-12)7-17-9-14-8-15-17/h3-6,8-10H,7H2,1-2H3,(H,16,18). The number of methoxy groups -OCH3 is 1. The molecule has 100 valence electrons. The number of carbonyl (C=O) groups excluding carboxylic acids is 1. The molecule has 1 atom stereocenters. The molecule has 1 heterocycles. The molecule has 0 aliphatic carbocycles. The number of ether oxygens (including phenoxy) is 1. The van der Waals surface area contributed by atoms with Gasteiger partial charge in [-0.3, -0.25) is 4.79 Å². The molecule has 1 amide bonds. The molecule has 19 heavy (non-hydrogen) atoms. The molecule has 1 N–H and O–H groups in total. The third-order valence-electron chi connectivity index (χ3n) is 2.73. The van der Waals surface area contributed by atoms with Gasteiger partial charge in [0, 0.05) is 12.8 Å². The van der Waals surface area contributed by atoms with Gasteiger partial charge in [0.2, 0.25) is 0 Å². The highest BCUT2D eigenvalue weighted by molar-refractivity contribution is 5.93. The van der Waals surface area contributed by atoms with Crippen molar-refractivity contribution in [3.05, 3.63) is 42.5 Å². The molecular weight excluding hydrogens is 244 g/mol. The Kier molecular flexibility index (Phi) is 4.25. The summed E-state index contributed by atoms with van der Waals surface area (Å²) in [5.74, 6) is -0.166. The highest BCUT2D eigenvalue weighted by Gasteiger charge is 2.11. The predicted octanol–water partition coefficient (Wildman–Crippen LogP) is 1.30. The lowest BCUT2D eigenvalue weighted by molar-refractivity contribution is -0.124. The van der Waals surface area contributed by atoms with E-state index >= 15 is 0 Å². The summed E-state index contributed by atoms with van der Waals surface area (Å²) >= 11 is 0. The van der Waals surface area contributed by atoms with Crippen LogP contribution in [-0.2, 0) is 16.1 Å². The average Bonchev–Trinajstić information content (AvgIpc) is 2.91. The molecular formula is C13H16N4O2. The smallest absolute Gasteiger partial charge is 0.253 e. The quantitative estimate of drug-likeness (QED) is 0.879. The Hall–Kier alpha value is -2.21. The topological polar surface area (TPSA) is 69.0 Å². The van der Waals surface area contributed by atoms with Gasteiger partial charge in [-0.05, 0) is 24.6 Å². The number of nitrogens with zero attached hydrogens (tertiary/aromatic N) is 3. The Labute approximate surface area is 111 Å². The van der Waals surface area contributed by atoms with Crippen LogP contribution in [0.1, 0.15) is 12.5 Å². The van der Waals surface area contributed by atoms with E-state index in [0.29, 0.717) is 6.54 Å². The summed E-state index contributed by atoms with van der Waals surface area (Å²) in [4.78, 5) is 15.6. The molecule has 1 unspecified atom stereocenters. The second kappa shape index (κ2) is 6.10. The van der Waals surface area contributed by atoms with E-state index in [4.69, 9.17) is 4.74 Å². The Morgan fingerprint density at radius 3 is 3.05 bits per heavy atom. The molecule has 0 saturated carbocycles. The molecule has 1 aromatic carbocycles. The maximum Gasteiger partial charge on any atom is 0.253 e. The molecule has 2 rings (SSSR count). The van der Waals surface area contributed by atoms with Crippen molar-refractivity contribution in [2.45, 2.75) is 19.6 Å². The molecule has 0 fully saturated rings. The summed E-state index contributed by atoms with van der Waals surface area (Å²) in [6.07, 6.45) is 2.67. The van der Waals surface area contributed by atoms with Crippen LogP contribution in [0.3, 0.4) is 0 Å². The molecule has 0 aliphatic heterocycles. The monoisotopic (exact) mass is 260 g/mol. The Morgan fingerprint density at radius 2 is 2.37 bits per heavy atom. The van der Waals surface area contributed by atoms with Crippen LogP contribution in [0, 0.1) is 0 Å². The molecule has 6 heteroatoms. The summed E-state index contributed by atoms with van der Waals surface area (Å²) in [5.41, 5.74) is 1.78. The number of hydrogen-bond acceptors (Lipinski definition) is 4. The minimum absolute atomic E-state index is 0.166. The molecule has 1 aromatic heterocycles. The van der Waals surface area contributed by atoms with E-state index in [0.717, 1.165) is 11.3 Å². The minimum Gasteiger partial charge on any atom is -0.372 e. The number of hydrogen-bond donors (Lipinski definition) is 1. The summed E-state index contributed by atoms with van der Waals surface area (Å²) < 4.78 is 6.69. The number of rotatable bonds is 5. The van der Waals surface area contributed by atoms with Gasteiger partial charge >= 0.3 is 0 Å². The van der Waals surface area contributed by atoms with Gasteiger partial charge in [-0.25, -0.2) is 9.67 Å². The number of carbonyl (C=O) groups is 1. The van der Waals surface area contributed by atoms with E-state index in [1.54, 1.807) is 17.9 Å². The third-order valence-corrected chi connectivity index (χ3v) is 2.73. The van der Waals surface area contributed by atoms with Crippen molar-refractivity contribution in [1.29, 1.82) is 0 Å². The van der Waals surface area contributed by atoms with Crippen LogP contribution in [-0.4, -0.2) is 33.9 Å². The lowest BCUT2D eigenvalue weighted by atomic mass is 10.2. The Bertz CT molecular complexity index is 539. The van der Waals surface area contributed by atoms with Gasteiger partial charge in [0.1, 0.15) is 18.8 Å². The lowest BCUT2D eigenvalue weighted by Crippen LogP contribution is -2.26.